The SMILES string of the molecule is CC1(C)CCN(C(=O)N(CC(=O)O)C2CC2)C1. The van der Waals surface area contributed by atoms with Gasteiger partial charge in [0, 0.05) is 19.1 Å². The molecule has 2 fully saturated rings. The van der Waals surface area contributed by atoms with E-state index in [4.69, 9.17) is 5.11 Å². The van der Waals surface area contributed by atoms with Gasteiger partial charge in [-0.1, -0.05) is 13.8 Å². The standard InChI is InChI=1S/C12H20N2O3/c1-12(2)5-6-13(8-12)11(17)14(7-10(15)16)9-3-4-9/h9H,3-8H2,1-2H3,(H,15,16). The van der Waals surface area contributed by atoms with Crippen molar-refractivity contribution in [3.8, 4) is 0 Å². The highest BCUT2D eigenvalue weighted by Gasteiger charge is 2.39. The third-order valence-corrected chi connectivity index (χ3v) is 3.49. The first-order valence-electron chi connectivity index (χ1n) is 6.16. The van der Waals surface area contributed by atoms with Crippen LogP contribution in [0.4, 0.5) is 4.79 Å². The maximum atomic E-state index is 12.2. The molecule has 2 amide bonds. The smallest absolute Gasteiger partial charge is 0.323 e. The fourth-order valence-electron chi connectivity index (χ4n) is 2.34. The van der Waals surface area contributed by atoms with Crippen LogP contribution in [-0.4, -0.2) is 52.6 Å². The Morgan fingerprint density at radius 3 is 2.47 bits per heavy atom. The average molecular weight is 240 g/mol. The summed E-state index contributed by atoms with van der Waals surface area (Å²) in [5.74, 6) is -0.927. The Hall–Kier alpha value is -1.26. The number of rotatable bonds is 3. The third kappa shape index (κ3) is 2.90. The molecule has 1 saturated heterocycles. The summed E-state index contributed by atoms with van der Waals surface area (Å²) in [6.45, 7) is 5.58. The van der Waals surface area contributed by atoms with Crippen LogP contribution in [0.5, 0.6) is 0 Å². The first-order chi connectivity index (χ1) is 7.89. The molecule has 0 atom stereocenters. The number of amides is 2. The maximum Gasteiger partial charge on any atom is 0.323 e. The summed E-state index contributed by atoms with van der Waals surface area (Å²) in [7, 11) is 0. The summed E-state index contributed by atoms with van der Waals surface area (Å²) in [4.78, 5) is 26.3. The summed E-state index contributed by atoms with van der Waals surface area (Å²) < 4.78 is 0. The molecule has 0 aromatic heterocycles. The molecule has 0 unspecified atom stereocenters. The maximum absolute atomic E-state index is 12.2. The number of carbonyl (C=O) groups is 2. The molecule has 5 heteroatoms. The van der Waals surface area contributed by atoms with Crippen molar-refractivity contribution in [3.05, 3.63) is 0 Å². The van der Waals surface area contributed by atoms with Crippen molar-refractivity contribution in [2.24, 2.45) is 5.41 Å². The summed E-state index contributed by atoms with van der Waals surface area (Å²) in [5.41, 5.74) is 0.161. The predicted octanol–water partition coefficient (Wildman–Crippen LogP) is 1.39. The van der Waals surface area contributed by atoms with Crippen LogP contribution in [0.1, 0.15) is 33.1 Å². The molecule has 1 N–H and O–H groups in total. The zero-order chi connectivity index (χ0) is 12.6. The van der Waals surface area contributed by atoms with E-state index < -0.39 is 5.97 Å². The van der Waals surface area contributed by atoms with Gasteiger partial charge in [0.1, 0.15) is 6.54 Å². The van der Waals surface area contributed by atoms with Crippen LogP contribution in [0.25, 0.3) is 0 Å². The molecule has 1 saturated carbocycles. The molecule has 0 aromatic rings. The number of carboxylic acids is 1. The van der Waals surface area contributed by atoms with Crippen molar-refractivity contribution >= 4 is 12.0 Å². The van der Waals surface area contributed by atoms with E-state index in [-0.39, 0.29) is 24.0 Å². The van der Waals surface area contributed by atoms with Gasteiger partial charge in [0.15, 0.2) is 0 Å². The number of aliphatic carboxylic acids is 1. The van der Waals surface area contributed by atoms with Gasteiger partial charge in [-0.3, -0.25) is 4.79 Å². The minimum atomic E-state index is -0.927. The normalized spacial score (nSPS) is 22.6. The van der Waals surface area contributed by atoms with Crippen molar-refractivity contribution in [3.63, 3.8) is 0 Å². The lowest BCUT2D eigenvalue weighted by molar-refractivity contribution is -0.137. The molecule has 0 spiro atoms. The zero-order valence-electron chi connectivity index (χ0n) is 10.5. The highest BCUT2D eigenvalue weighted by Crippen LogP contribution is 2.32. The van der Waals surface area contributed by atoms with Crippen LogP contribution < -0.4 is 0 Å². The summed E-state index contributed by atoms with van der Waals surface area (Å²) in [6, 6.07) is 0.0581. The zero-order valence-corrected chi connectivity index (χ0v) is 10.5. The molecule has 0 aromatic carbocycles. The van der Waals surface area contributed by atoms with Gasteiger partial charge in [-0.15, -0.1) is 0 Å². The first kappa shape index (κ1) is 12.2. The second-order valence-corrected chi connectivity index (χ2v) is 5.87. The molecule has 1 aliphatic heterocycles. The molecule has 1 aliphatic carbocycles. The fourth-order valence-corrected chi connectivity index (χ4v) is 2.34. The second kappa shape index (κ2) is 4.20. The van der Waals surface area contributed by atoms with Crippen LogP contribution in [0.3, 0.4) is 0 Å². The quantitative estimate of drug-likeness (QED) is 0.810. The Balaban J connectivity index is 1.99. The highest BCUT2D eigenvalue weighted by molar-refractivity contribution is 5.81. The molecule has 17 heavy (non-hydrogen) atoms. The van der Waals surface area contributed by atoms with Crippen molar-refractivity contribution in [1.29, 1.82) is 0 Å². The second-order valence-electron chi connectivity index (χ2n) is 5.87. The predicted molar refractivity (Wildman–Crippen MR) is 62.7 cm³/mol. The molecule has 2 aliphatic rings. The lowest BCUT2D eigenvalue weighted by Gasteiger charge is -2.27. The Morgan fingerprint density at radius 1 is 1.41 bits per heavy atom. The number of hydrogen-bond acceptors (Lipinski definition) is 2. The topological polar surface area (TPSA) is 60.9 Å². The van der Waals surface area contributed by atoms with E-state index in [0.717, 1.165) is 32.4 Å². The van der Waals surface area contributed by atoms with Crippen LogP contribution in [0.15, 0.2) is 0 Å². The van der Waals surface area contributed by atoms with E-state index in [1.807, 2.05) is 0 Å². The monoisotopic (exact) mass is 240 g/mol. The lowest BCUT2D eigenvalue weighted by Crippen LogP contribution is -2.46. The fraction of sp³-hybridized carbons (Fsp3) is 0.833. The molecule has 5 nitrogen and oxygen atoms in total. The van der Waals surface area contributed by atoms with Gasteiger partial charge in [-0.2, -0.15) is 0 Å². The Kier molecular flexibility index (Phi) is 3.02. The molecule has 0 radical (unpaired) electrons. The number of carbonyl (C=O) groups excluding carboxylic acids is 1. The number of hydrogen-bond donors (Lipinski definition) is 1. The molecule has 2 rings (SSSR count). The molecule has 0 bridgehead atoms. The first-order valence-corrected chi connectivity index (χ1v) is 6.16. The van der Waals surface area contributed by atoms with E-state index in [0.29, 0.717) is 0 Å². The van der Waals surface area contributed by atoms with Crippen LogP contribution in [-0.2, 0) is 4.79 Å². The van der Waals surface area contributed by atoms with Crippen molar-refractivity contribution in [2.75, 3.05) is 19.6 Å². The van der Waals surface area contributed by atoms with Gasteiger partial charge in [0.05, 0.1) is 0 Å². The van der Waals surface area contributed by atoms with E-state index in [1.165, 1.54) is 4.90 Å². The average Bonchev–Trinajstić information content (AvgIpc) is 2.98. The summed E-state index contributed by atoms with van der Waals surface area (Å²) in [6.07, 6.45) is 2.87. The van der Waals surface area contributed by atoms with E-state index in [1.54, 1.807) is 4.90 Å². The van der Waals surface area contributed by atoms with Crippen molar-refractivity contribution < 1.29 is 14.7 Å². The lowest BCUT2D eigenvalue weighted by atomic mass is 9.93. The van der Waals surface area contributed by atoms with Gasteiger partial charge >= 0.3 is 12.0 Å². The number of likely N-dealkylation sites (tertiary alicyclic amines) is 1. The van der Waals surface area contributed by atoms with Gasteiger partial charge in [0.2, 0.25) is 0 Å². The van der Waals surface area contributed by atoms with Gasteiger partial charge in [0.25, 0.3) is 0 Å². The van der Waals surface area contributed by atoms with Crippen LogP contribution >= 0.6 is 0 Å². The number of carboxylic acid groups (broad SMARTS) is 1. The van der Waals surface area contributed by atoms with Gasteiger partial charge in [-0.05, 0) is 24.7 Å². The Bertz CT molecular complexity index is 337. The number of urea groups is 1. The molecular weight excluding hydrogens is 220 g/mol. The van der Waals surface area contributed by atoms with Gasteiger partial charge < -0.3 is 14.9 Å². The molecule has 96 valence electrons. The largest absolute Gasteiger partial charge is 0.480 e. The van der Waals surface area contributed by atoms with Gasteiger partial charge in [-0.25, -0.2) is 4.79 Å². The van der Waals surface area contributed by atoms with E-state index in [9.17, 15) is 9.59 Å². The molecule has 1 heterocycles. The highest BCUT2D eigenvalue weighted by atomic mass is 16.4. The van der Waals surface area contributed by atoms with Crippen molar-refractivity contribution in [1.82, 2.24) is 9.80 Å². The Labute approximate surface area is 101 Å². The van der Waals surface area contributed by atoms with E-state index >= 15 is 0 Å². The molecular formula is C12H20N2O3. The van der Waals surface area contributed by atoms with Crippen molar-refractivity contribution in [2.45, 2.75) is 39.2 Å². The van der Waals surface area contributed by atoms with Crippen LogP contribution in [0, 0.1) is 5.41 Å². The minimum Gasteiger partial charge on any atom is -0.480 e. The minimum absolute atomic E-state index is 0.0968. The number of nitrogens with zero attached hydrogens (tertiary/aromatic N) is 2. The summed E-state index contributed by atoms with van der Waals surface area (Å²) in [5, 5.41) is 8.84. The summed E-state index contributed by atoms with van der Waals surface area (Å²) >= 11 is 0. The third-order valence-electron chi connectivity index (χ3n) is 3.49. The van der Waals surface area contributed by atoms with Crippen LogP contribution in [0.2, 0.25) is 0 Å². The Morgan fingerprint density at radius 2 is 2.06 bits per heavy atom. The van der Waals surface area contributed by atoms with E-state index in [2.05, 4.69) is 13.8 Å².